The van der Waals surface area contributed by atoms with Crippen LogP contribution in [0.1, 0.15) is 29.5 Å². The summed E-state index contributed by atoms with van der Waals surface area (Å²) in [6.07, 6.45) is 2.15. The first kappa shape index (κ1) is 9.80. The number of carbonyl (C=O) groups is 1. The molecule has 0 amide bonds. The topological polar surface area (TPSA) is 59.7 Å². The average molecular weight is 184 g/mol. The van der Waals surface area contributed by atoms with Crippen molar-refractivity contribution in [1.29, 1.82) is 0 Å². The number of hydrogen-bond acceptors (Lipinski definition) is 3. The quantitative estimate of drug-likeness (QED) is 0.710. The Morgan fingerprint density at radius 2 is 2.46 bits per heavy atom. The molecule has 1 rings (SSSR count). The summed E-state index contributed by atoms with van der Waals surface area (Å²) >= 11 is 0. The first-order valence-electron chi connectivity index (χ1n) is 4.12. The van der Waals surface area contributed by atoms with E-state index in [9.17, 15) is 4.79 Å². The van der Waals surface area contributed by atoms with Gasteiger partial charge >= 0.3 is 5.97 Å². The average Bonchev–Trinajstić information content (AvgIpc) is 2.53. The Balaban J connectivity index is 2.44. The predicted molar refractivity (Wildman–Crippen MR) is 45.6 cm³/mol. The number of aromatic carboxylic acids is 1. The Morgan fingerprint density at radius 3 is 3.00 bits per heavy atom. The van der Waals surface area contributed by atoms with E-state index in [2.05, 4.69) is 0 Å². The normalized spacial score (nSPS) is 10.2. The van der Waals surface area contributed by atoms with Gasteiger partial charge in [0.25, 0.3) is 0 Å². The van der Waals surface area contributed by atoms with Gasteiger partial charge in [-0.3, -0.25) is 0 Å². The third-order valence-corrected chi connectivity index (χ3v) is 1.49. The van der Waals surface area contributed by atoms with Crippen LogP contribution < -0.4 is 0 Å². The lowest BCUT2D eigenvalue weighted by atomic mass is 10.3. The number of hydrogen-bond donors (Lipinski definition) is 1. The predicted octanol–water partition coefficient (Wildman–Crippen LogP) is 1.90. The Kier molecular flexibility index (Phi) is 3.52. The van der Waals surface area contributed by atoms with Crippen molar-refractivity contribution < 1.29 is 19.1 Å². The van der Waals surface area contributed by atoms with Gasteiger partial charge in [0.15, 0.2) is 0 Å². The fourth-order valence-corrected chi connectivity index (χ4v) is 0.886. The zero-order chi connectivity index (χ0) is 9.68. The third kappa shape index (κ3) is 2.91. The zero-order valence-corrected chi connectivity index (χ0v) is 7.45. The SMILES string of the molecule is CCCOCc1cc(C(=O)O)co1. The van der Waals surface area contributed by atoms with Crippen molar-refractivity contribution in [3.05, 3.63) is 23.7 Å². The van der Waals surface area contributed by atoms with Crippen molar-refractivity contribution in [3.8, 4) is 0 Å². The number of carboxylic acid groups (broad SMARTS) is 1. The molecule has 0 bridgehead atoms. The van der Waals surface area contributed by atoms with Crippen LogP contribution in [-0.2, 0) is 11.3 Å². The molecule has 0 radical (unpaired) electrons. The van der Waals surface area contributed by atoms with Gasteiger partial charge in [0.05, 0.1) is 5.56 Å². The van der Waals surface area contributed by atoms with Crippen LogP contribution in [0.4, 0.5) is 0 Å². The van der Waals surface area contributed by atoms with Gasteiger partial charge in [-0.05, 0) is 12.5 Å². The van der Waals surface area contributed by atoms with Gasteiger partial charge in [-0.15, -0.1) is 0 Å². The summed E-state index contributed by atoms with van der Waals surface area (Å²) in [5.41, 5.74) is 0.162. The van der Waals surface area contributed by atoms with Crippen LogP contribution in [0.15, 0.2) is 16.7 Å². The van der Waals surface area contributed by atoms with E-state index in [0.29, 0.717) is 19.0 Å². The maximum atomic E-state index is 10.4. The number of furan rings is 1. The largest absolute Gasteiger partial charge is 0.478 e. The molecule has 72 valence electrons. The molecular formula is C9H12O4. The Bertz CT molecular complexity index is 277. The van der Waals surface area contributed by atoms with Gasteiger partial charge in [-0.2, -0.15) is 0 Å². The van der Waals surface area contributed by atoms with Crippen LogP contribution in [0, 0.1) is 0 Å². The van der Waals surface area contributed by atoms with E-state index in [1.165, 1.54) is 12.3 Å². The summed E-state index contributed by atoms with van der Waals surface area (Å²) in [5, 5.41) is 8.57. The van der Waals surface area contributed by atoms with Crippen molar-refractivity contribution in [2.45, 2.75) is 20.0 Å². The highest BCUT2D eigenvalue weighted by molar-refractivity contribution is 5.87. The summed E-state index contributed by atoms with van der Waals surface area (Å²) in [7, 11) is 0. The summed E-state index contributed by atoms with van der Waals surface area (Å²) < 4.78 is 10.1. The van der Waals surface area contributed by atoms with Gasteiger partial charge in [0.2, 0.25) is 0 Å². The van der Waals surface area contributed by atoms with E-state index in [1.54, 1.807) is 0 Å². The molecule has 0 aromatic carbocycles. The van der Waals surface area contributed by atoms with Gasteiger partial charge in [-0.1, -0.05) is 6.92 Å². The summed E-state index contributed by atoms with van der Waals surface area (Å²) in [6, 6.07) is 1.47. The van der Waals surface area contributed by atoms with Crippen molar-refractivity contribution in [1.82, 2.24) is 0 Å². The standard InChI is InChI=1S/C9H12O4/c1-2-3-12-6-8-4-7(5-13-8)9(10)11/h4-5H,2-3,6H2,1H3,(H,10,11). The number of ether oxygens (including phenoxy) is 1. The van der Waals surface area contributed by atoms with E-state index in [-0.39, 0.29) is 5.56 Å². The molecule has 4 nitrogen and oxygen atoms in total. The Labute approximate surface area is 76.1 Å². The van der Waals surface area contributed by atoms with Crippen LogP contribution in [-0.4, -0.2) is 17.7 Å². The molecule has 1 aromatic heterocycles. The highest BCUT2D eigenvalue weighted by Gasteiger charge is 2.07. The zero-order valence-electron chi connectivity index (χ0n) is 7.45. The fraction of sp³-hybridized carbons (Fsp3) is 0.444. The Hall–Kier alpha value is -1.29. The smallest absolute Gasteiger partial charge is 0.338 e. The lowest BCUT2D eigenvalue weighted by molar-refractivity contribution is 0.0696. The molecule has 0 aliphatic carbocycles. The first-order chi connectivity index (χ1) is 6.24. The molecule has 4 heteroatoms. The summed E-state index contributed by atoms with van der Waals surface area (Å²) in [4.78, 5) is 10.4. The number of carboxylic acids is 1. The second-order valence-electron chi connectivity index (χ2n) is 2.66. The maximum absolute atomic E-state index is 10.4. The molecule has 0 atom stereocenters. The van der Waals surface area contributed by atoms with Crippen molar-refractivity contribution in [2.24, 2.45) is 0 Å². The molecule has 0 fully saturated rings. The van der Waals surface area contributed by atoms with Crippen LogP contribution >= 0.6 is 0 Å². The van der Waals surface area contributed by atoms with Crippen LogP contribution in [0.5, 0.6) is 0 Å². The molecule has 0 aliphatic rings. The molecule has 1 N–H and O–H groups in total. The maximum Gasteiger partial charge on any atom is 0.338 e. The van der Waals surface area contributed by atoms with Gasteiger partial charge in [0.1, 0.15) is 18.6 Å². The second-order valence-corrected chi connectivity index (χ2v) is 2.66. The fourth-order valence-electron chi connectivity index (χ4n) is 0.886. The minimum Gasteiger partial charge on any atom is -0.478 e. The molecule has 0 spiro atoms. The van der Waals surface area contributed by atoms with E-state index in [0.717, 1.165) is 6.42 Å². The van der Waals surface area contributed by atoms with Crippen molar-refractivity contribution >= 4 is 5.97 Å². The van der Waals surface area contributed by atoms with Gasteiger partial charge < -0.3 is 14.3 Å². The lowest BCUT2D eigenvalue weighted by Gasteiger charge is -1.96. The molecule has 0 saturated heterocycles. The van der Waals surface area contributed by atoms with E-state index in [1.807, 2.05) is 6.92 Å². The molecular weight excluding hydrogens is 172 g/mol. The lowest BCUT2D eigenvalue weighted by Crippen LogP contribution is -1.94. The summed E-state index contributed by atoms with van der Waals surface area (Å²) in [6.45, 7) is 3.00. The summed E-state index contributed by atoms with van der Waals surface area (Å²) in [5.74, 6) is -0.434. The van der Waals surface area contributed by atoms with Gasteiger partial charge in [-0.25, -0.2) is 4.79 Å². The molecule has 1 aromatic rings. The van der Waals surface area contributed by atoms with E-state index < -0.39 is 5.97 Å². The van der Waals surface area contributed by atoms with E-state index >= 15 is 0 Å². The van der Waals surface area contributed by atoms with Crippen molar-refractivity contribution in [2.75, 3.05) is 6.61 Å². The van der Waals surface area contributed by atoms with E-state index in [4.69, 9.17) is 14.3 Å². The Morgan fingerprint density at radius 1 is 1.69 bits per heavy atom. The van der Waals surface area contributed by atoms with Gasteiger partial charge in [0, 0.05) is 6.61 Å². The molecule has 1 heterocycles. The minimum atomic E-state index is -0.981. The van der Waals surface area contributed by atoms with Crippen LogP contribution in [0.3, 0.4) is 0 Å². The molecule has 0 aliphatic heterocycles. The van der Waals surface area contributed by atoms with Crippen molar-refractivity contribution in [3.63, 3.8) is 0 Å². The van der Waals surface area contributed by atoms with Crippen LogP contribution in [0.2, 0.25) is 0 Å². The molecule has 0 unspecified atom stereocenters. The minimum absolute atomic E-state index is 0.162. The molecule has 0 saturated carbocycles. The third-order valence-electron chi connectivity index (χ3n) is 1.49. The highest BCUT2D eigenvalue weighted by Crippen LogP contribution is 2.08. The number of rotatable bonds is 5. The van der Waals surface area contributed by atoms with Crippen LogP contribution in [0.25, 0.3) is 0 Å². The molecule has 13 heavy (non-hydrogen) atoms. The monoisotopic (exact) mass is 184 g/mol. The second kappa shape index (κ2) is 4.67. The first-order valence-corrected chi connectivity index (χ1v) is 4.12. The highest BCUT2D eigenvalue weighted by atomic mass is 16.5.